The van der Waals surface area contributed by atoms with Gasteiger partial charge in [-0.3, -0.25) is 4.79 Å². The van der Waals surface area contributed by atoms with Crippen molar-refractivity contribution in [3.63, 3.8) is 0 Å². The Labute approximate surface area is 182 Å². The van der Waals surface area contributed by atoms with E-state index in [-0.39, 0.29) is 18.1 Å². The van der Waals surface area contributed by atoms with E-state index >= 15 is 0 Å². The van der Waals surface area contributed by atoms with Gasteiger partial charge in [-0.2, -0.15) is 10.1 Å². The van der Waals surface area contributed by atoms with Gasteiger partial charge in [0.2, 0.25) is 5.91 Å². The fraction of sp³-hybridized carbons (Fsp3) is 0.167. The van der Waals surface area contributed by atoms with E-state index in [1.54, 1.807) is 40.0 Å². The van der Waals surface area contributed by atoms with Crippen LogP contribution in [0.2, 0.25) is 0 Å². The van der Waals surface area contributed by atoms with E-state index in [1.165, 1.54) is 12.4 Å². The number of carbonyl (C=O) groups is 1. The normalized spacial score (nSPS) is 15.9. The maximum absolute atomic E-state index is 14.9. The second-order valence-corrected chi connectivity index (χ2v) is 7.97. The van der Waals surface area contributed by atoms with E-state index in [9.17, 15) is 9.18 Å². The molecule has 0 radical (unpaired) electrons. The van der Waals surface area contributed by atoms with Crippen molar-refractivity contribution in [3.05, 3.63) is 95.5 Å². The Kier molecular flexibility index (Phi) is 4.24. The first-order valence-electron chi connectivity index (χ1n) is 10.5. The number of amides is 1. The number of H-pyrrole nitrogens is 1. The molecule has 7 nitrogen and oxygen atoms in total. The van der Waals surface area contributed by atoms with Gasteiger partial charge in [0.1, 0.15) is 18.2 Å². The third kappa shape index (κ3) is 2.95. The van der Waals surface area contributed by atoms with Crippen LogP contribution in [0, 0.1) is 5.82 Å². The minimum absolute atomic E-state index is 0.0937. The molecule has 1 aliphatic heterocycles. The molecule has 0 saturated carbocycles. The third-order valence-corrected chi connectivity index (χ3v) is 6.10. The number of aromatic amines is 1. The van der Waals surface area contributed by atoms with Crippen LogP contribution in [0.3, 0.4) is 0 Å². The Morgan fingerprint density at radius 2 is 1.97 bits per heavy atom. The Bertz CT molecular complexity index is 1470. The summed E-state index contributed by atoms with van der Waals surface area (Å²) >= 11 is 0. The summed E-state index contributed by atoms with van der Waals surface area (Å²) in [4.78, 5) is 27.0. The molecule has 5 aromatic rings. The van der Waals surface area contributed by atoms with Gasteiger partial charge in [0, 0.05) is 41.1 Å². The van der Waals surface area contributed by atoms with Gasteiger partial charge in [0.25, 0.3) is 5.78 Å². The maximum atomic E-state index is 14.9. The quantitative estimate of drug-likeness (QED) is 0.479. The van der Waals surface area contributed by atoms with Gasteiger partial charge in [-0.15, -0.1) is 0 Å². The van der Waals surface area contributed by atoms with Gasteiger partial charge >= 0.3 is 0 Å². The highest BCUT2D eigenvalue weighted by Crippen LogP contribution is 2.39. The van der Waals surface area contributed by atoms with E-state index in [4.69, 9.17) is 0 Å². The molecule has 158 valence electrons. The van der Waals surface area contributed by atoms with Crippen LogP contribution >= 0.6 is 0 Å². The second kappa shape index (κ2) is 7.26. The molecule has 3 aromatic heterocycles. The molecule has 0 unspecified atom stereocenters. The molecule has 8 heteroatoms. The van der Waals surface area contributed by atoms with E-state index in [1.807, 2.05) is 18.2 Å². The van der Waals surface area contributed by atoms with Crippen molar-refractivity contribution in [3.8, 4) is 0 Å². The zero-order valence-corrected chi connectivity index (χ0v) is 17.1. The number of carbonyl (C=O) groups excluding carboxylic acids is 1. The van der Waals surface area contributed by atoms with Gasteiger partial charge in [-0.05, 0) is 29.7 Å². The van der Waals surface area contributed by atoms with Crippen molar-refractivity contribution in [2.45, 2.75) is 18.9 Å². The molecular formula is C24H19FN6O. The van der Waals surface area contributed by atoms with Crippen LogP contribution in [0.1, 0.15) is 28.4 Å². The van der Waals surface area contributed by atoms with Crippen molar-refractivity contribution >= 4 is 22.6 Å². The average molecular weight is 426 g/mol. The molecule has 32 heavy (non-hydrogen) atoms. The molecule has 0 aliphatic carbocycles. The fourth-order valence-corrected chi connectivity index (χ4v) is 4.66. The minimum atomic E-state index is -0.525. The molecule has 1 aliphatic rings. The summed E-state index contributed by atoms with van der Waals surface area (Å²) in [5.74, 6) is 0.0578. The number of hydrogen-bond donors (Lipinski definition) is 1. The molecule has 0 spiro atoms. The third-order valence-electron chi connectivity index (χ3n) is 6.10. The summed E-state index contributed by atoms with van der Waals surface area (Å²) in [6, 6.07) is 14.2. The molecule has 0 fully saturated rings. The topological polar surface area (TPSA) is 79.2 Å². The van der Waals surface area contributed by atoms with Crippen LogP contribution in [0.25, 0.3) is 16.7 Å². The minimum Gasteiger partial charge on any atom is -0.356 e. The summed E-state index contributed by atoms with van der Waals surface area (Å²) in [5, 5.41) is 5.21. The summed E-state index contributed by atoms with van der Waals surface area (Å²) in [6.07, 6.45) is 5.66. The highest BCUT2D eigenvalue weighted by molar-refractivity contribution is 5.87. The highest BCUT2D eigenvalue weighted by atomic mass is 19.1. The predicted octanol–water partition coefficient (Wildman–Crippen LogP) is 3.46. The van der Waals surface area contributed by atoms with Gasteiger partial charge in [0.05, 0.1) is 6.42 Å². The summed E-state index contributed by atoms with van der Waals surface area (Å²) < 4.78 is 16.5. The standard InChI is InChI=1S/C24H19FN6O/c25-19-7-3-1-6-18(19)23-22-17(16-5-2-4-8-20(16)29-22)9-10-30(23)21(32)11-15-12-26-24-27-14-28-31(24)13-15/h1-8,12-14,23,29H,9-11H2/t23-/m1/s1. The maximum Gasteiger partial charge on any atom is 0.252 e. The predicted molar refractivity (Wildman–Crippen MR) is 116 cm³/mol. The first-order valence-corrected chi connectivity index (χ1v) is 10.5. The molecule has 2 aromatic carbocycles. The van der Waals surface area contributed by atoms with Crippen LogP contribution in [0.4, 0.5) is 4.39 Å². The first-order chi connectivity index (χ1) is 15.7. The number of halogens is 1. The highest BCUT2D eigenvalue weighted by Gasteiger charge is 2.35. The number of rotatable bonds is 3. The number of para-hydroxylation sites is 1. The molecule has 1 N–H and O–H groups in total. The number of hydrogen-bond acceptors (Lipinski definition) is 4. The lowest BCUT2D eigenvalue weighted by Gasteiger charge is -2.36. The largest absolute Gasteiger partial charge is 0.356 e. The smallest absolute Gasteiger partial charge is 0.252 e. The zero-order chi connectivity index (χ0) is 21.7. The number of fused-ring (bicyclic) bond motifs is 4. The summed E-state index contributed by atoms with van der Waals surface area (Å²) in [5.41, 5.74) is 4.22. The molecule has 1 atom stereocenters. The van der Waals surface area contributed by atoms with Gasteiger partial charge in [0.15, 0.2) is 0 Å². The second-order valence-electron chi connectivity index (χ2n) is 7.97. The number of aromatic nitrogens is 5. The van der Waals surface area contributed by atoms with Crippen molar-refractivity contribution in [2.75, 3.05) is 6.54 Å². The SMILES string of the molecule is O=C(Cc1cnc2ncnn2c1)N1CCc2c([nH]c3ccccc23)[C@H]1c1ccccc1F. The zero-order valence-electron chi connectivity index (χ0n) is 17.1. The monoisotopic (exact) mass is 426 g/mol. The van der Waals surface area contributed by atoms with Crippen LogP contribution in [-0.4, -0.2) is 41.9 Å². The Hall–Kier alpha value is -4.07. The van der Waals surface area contributed by atoms with Gasteiger partial charge in [-0.1, -0.05) is 36.4 Å². The first kappa shape index (κ1) is 18.7. The van der Waals surface area contributed by atoms with Crippen molar-refractivity contribution in [1.29, 1.82) is 0 Å². The molecule has 0 saturated heterocycles. The van der Waals surface area contributed by atoms with E-state index in [0.29, 0.717) is 24.3 Å². The number of benzene rings is 2. The van der Waals surface area contributed by atoms with E-state index in [0.717, 1.165) is 27.7 Å². The fourth-order valence-electron chi connectivity index (χ4n) is 4.66. The van der Waals surface area contributed by atoms with E-state index in [2.05, 4.69) is 26.1 Å². The average Bonchev–Trinajstić information content (AvgIpc) is 3.43. The lowest BCUT2D eigenvalue weighted by Crippen LogP contribution is -2.41. The van der Waals surface area contributed by atoms with Crippen molar-refractivity contribution in [1.82, 2.24) is 29.5 Å². The van der Waals surface area contributed by atoms with E-state index < -0.39 is 6.04 Å². The Balaban J connectivity index is 1.42. The van der Waals surface area contributed by atoms with Crippen LogP contribution < -0.4 is 0 Å². The lowest BCUT2D eigenvalue weighted by atomic mass is 9.91. The Morgan fingerprint density at radius 3 is 2.88 bits per heavy atom. The van der Waals surface area contributed by atoms with Gasteiger partial charge < -0.3 is 9.88 Å². The number of nitrogens with one attached hydrogen (secondary N) is 1. The van der Waals surface area contributed by atoms with Gasteiger partial charge in [-0.25, -0.2) is 13.9 Å². The van der Waals surface area contributed by atoms with Crippen molar-refractivity contribution in [2.24, 2.45) is 0 Å². The van der Waals surface area contributed by atoms with Crippen molar-refractivity contribution < 1.29 is 9.18 Å². The summed E-state index contributed by atoms with van der Waals surface area (Å²) in [7, 11) is 0. The van der Waals surface area contributed by atoms with Crippen LogP contribution in [0.5, 0.6) is 0 Å². The Morgan fingerprint density at radius 1 is 1.12 bits per heavy atom. The molecular weight excluding hydrogens is 407 g/mol. The number of nitrogens with zero attached hydrogens (tertiary/aromatic N) is 5. The lowest BCUT2D eigenvalue weighted by molar-refractivity contribution is -0.132. The molecule has 6 rings (SSSR count). The van der Waals surface area contributed by atoms with Crippen LogP contribution in [0.15, 0.2) is 67.3 Å². The molecule has 0 bridgehead atoms. The molecule has 1 amide bonds. The van der Waals surface area contributed by atoms with Crippen LogP contribution in [-0.2, 0) is 17.6 Å². The molecule has 4 heterocycles. The summed E-state index contributed by atoms with van der Waals surface area (Å²) in [6.45, 7) is 0.506.